The van der Waals surface area contributed by atoms with Crippen LogP contribution in [-0.4, -0.2) is 21.1 Å². The van der Waals surface area contributed by atoms with Crippen LogP contribution >= 0.6 is 0 Å². The van der Waals surface area contributed by atoms with Gasteiger partial charge in [-0.05, 0) is 25.0 Å². The Hall–Kier alpha value is -1.84. The van der Waals surface area contributed by atoms with Crippen LogP contribution in [0, 0.1) is 0 Å². The number of nitrogens with one attached hydrogen (secondary N) is 1. The van der Waals surface area contributed by atoms with E-state index in [0.717, 1.165) is 31.6 Å². The van der Waals surface area contributed by atoms with Crippen LogP contribution in [0.4, 0.5) is 5.69 Å². The average Bonchev–Trinajstić information content (AvgIpc) is 2.83. The van der Waals surface area contributed by atoms with Gasteiger partial charge >= 0.3 is 0 Å². The monoisotopic (exact) mass is 216 g/mol. The number of hydrogen-bond donors (Lipinski definition) is 1. The molecule has 2 aromatic rings. The number of unbranched alkanes of at least 4 members (excludes halogenated alkanes) is 1. The zero-order valence-corrected chi connectivity index (χ0v) is 9.21. The van der Waals surface area contributed by atoms with Crippen LogP contribution in [0.2, 0.25) is 0 Å². The molecule has 4 nitrogen and oxygen atoms in total. The van der Waals surface area contributed by atoms with Crippen LogP contribution in [-0.2, 0) is 6.54 Å². The average molecular weight is 216 g/mol. The molecule has 0 aromatic carbocycles. The van der Waals surface area contributed by atoms with Crippen molar-refractivity contribution in [1.29, 1.82) is 0 Å². The molecule has 0 aliphatic heterocycles. The van der Waals surface area contributed by atoms with E-state index in [1.54, 1.807) is 6.20 Å². The maximum Gasteiger partial charge on any atom is 0.0945 e. The Morgan fingerprint density at radius 2 is 2.19 bits per heavy atom. The van der Waals surface area contributed by atoms with Crippen LogP contribution in [0.15, 0.2) is 43.2 Å². The topological polar surface area (TPSA) is 42.7 Å². The van der Waals surface area contributed by atoms with E-state index in [-0.39, 0.29) is 0 Å². The highest BCUT2D eigenvalue weighted by Gasteiger charge is 1.92. The summed E-state index contributed by atoms with van der Waals surface area (Å²) < 4.78 is 2.10. The summed E-state index contributed by atoms with van der Waals surface area (Å²) in [5.74, 6) is 0. The van der Waals surface area contributed by atoms with Gasteiger partial charge in [0.1, 0.15) is 0 Å². The Morgan fingerprint density at radius 1 is 1.19 bits per heavy atom. The van der Waals surface area contributed by atoms with E-state index in [1.807, 2.05) is 37.1 Å². The molecule has 2 aromatic heterocycles. The first kappa shape index (κ1) is 10.7. The first-order chi connectivity index (χ1) is 7.95. The van der Waals surface area contributed by atoms with Gasteiger partial charge in [-0.2, -0.15) is 0 Å². The summed E-state index contributed by atoms with van der Waals surface area (Å²) in [4.78, 5) is 8.06. The predicted molar refractivity (Wildman–Crippen MR) is 64.2 cm³/mol. The molecule has 0 bridgehead atoms. The van der Waals surface area contributed by atoms with Gasteiger partial charge in [-0.15, -0.1) is 0 Å². The van der Waals surface area contributed by atoms with E-state index in [2.05, 4.69) is 19.9 Å². The highest BCUT2D eigenvalue weighted by molar-refractivity contribution is 5.39. The molecule has 0 fully saturated rings. The number of nitrogens with zero attached hydrogens (tertiary/aromatic N) is 3. The molecule has 0 saturated heterocycles. The summed E-state index contributed by atoms with van der Waals surface area (Å²) in [6.45, 7) is 2.02. The van der Waals surface area contributed by atoms with E-state index in [4.69, 9.17) is 0 Å². The van der Waals surface area contributed by atoms with Crippen molar-refractivity contribution in [1.82, 2.24) is 14.5 Å². The molecule has 2 rings (SSSR count). The largest absolute Gasteiger partial charge is 0.384 e. The van der Waals surface area contributed by atoms with Gasteiger partial charge in [0, 0.05) is 37.9 Å². The minimum absolute atomic E-state index is 0.986. The second-order valence-corrected chi connectivity index (χ2v) is 3.68. The second-order valence-electron chi connectivity index (χ2n) is 3.68. The van der Waals surface area contributed by atoms with E-state index in [9.17, 15) is 0 Å². The van der Waals surface area contributed by atoms with Crippen LogP contribution in [0.1, 0.15) is 12.8 Å². The molecule has 2 heterocycles. The predicted octanol–water partition coefficient (Wildman–Crippen LogP) is 2.17. The highest BCUT2D eigenvalue weighted by Crippen LogP contribution is 2.03. The van der Waals surface area contributed by atoms with Gasteiger partial charge in [-0.25, -0.2) is 4.98 Å². The molecule has 0 aliphatic rings. The van der Waals surface area contributed by atoms with E-state index < -0.39 is 0 Å². The quantitative estimate of drug-likeness (QED) is 0.752. The van der Waals surface area contributed by atoms with Gasteiger partial charge in [0.25, 0.3) is 0 Å². The van der Waals surface area contributed by atoms with Crippen molar-refractivity contribution in [2.45, 2.75) is 19.4 Å². The number of pyridine rings is 1. The highest BCUT2D eigenvalue weighted by atomic mass is 15.0. The standard InChI is InChI=1S/C12H16N4/c1(2-8-16-9-7-14-11-16)6-15-12-4-3-5-13-10-12/h3-5,7,9-11,15H,1-2,6,8H2. The van der Waals surface area contributed by atoms with Crippen molar-refractivity contribution >= 4 is 5.69 Å². The van der Waals surface area contributed by atoms with Gasteiger partial charge in [0.2, 0.25) is 0 Å². The lowest BCUT2D eigenvalue weighted by molar-refractivity contribution is 0.621. The Morgan fingerprint density at radius 3 is 2.94 bits per heavy atom. The lowest BCUT2D eigenvalue weighted by atomic mass is 10.3. The van der Waals surface area contributed by atoms with E-state index >= 15 is 0 Å². The van der Waals surface area contributed by atoms with Crippen molar-refractivity contribution < 1.29 is 0 Å². The molecule has 84 valence electrons. The first-order valence-electron chi connectivity index (χ1n) is 5.55. The third-order valence-electron chi connectivity index (χ3n) is 2.39. The molecule has 0 spiro atoms. The van der Waals surface area contributed by atoms with Crippen LogP contribution in [0.5, 0.6) is 0 Å². The molecular formula is C12H16N4. The Bertz CT molecular complexity index is 383. The van der Waals surface area contributed by atoms with E-state index in [1.165, 1.54) is 0 Å². The fourth-order valence-corrected chi connectivity index (χ4v) is 1.54. The molecule has 0 saturated carbocycles. The third-order valence-corrected chi connectivity index (χ3v) is 2.39. The third kappa shape index (κ3) is 3.38. The number of imidazole rings is 1. The van der Waals surface area contributed by atoms with Gasteiger partial charge < -0.3 is 9.88 Å². The molecule has 16 heavy (non-hydrogen) atoms. The van der Waals surface area contributed by atoms with Gasteiger partial charge in [0.15, 0.2) is 0 Å². The van der Waals surface area contributed by atoms with Gasteiger partial charge in [-0.3, -0.25) is 4.98 Å². The molecule has 1 N–H and O–H groups in total. The van der Waals surface area contributed by atoms with Crippen molar-refractivity contribution in [3.8, 4) is 0 Å². The zero-order chi connectivity index (χ0) is 11.1. The summed E-state index contributed by atoms with van der Waals surface area (Å²) in [7, 11) is 0. The second kappa shape index (κ2) is 5.90. The summed E-state index contributed by atoms with van der Waals surface area (Å²) >= 11 is 0. The van der Waals surface area contributed by atoms with Crippen LogP contribution in [0.3, 0.4) is 0 Å². The minimum atomic E-state index is 0.986. The molecular weight excluding hydrogens is 200 g/mol. The maximum absolute atomic E-state index is 4.05. The van der Waals surface area contributed by atoms with Gasteiger partial charge in [-0.1, -0.05) is 0 Å². The lowest BCUT2D eigenvalue weighted by Crippen LogP contribution is -2.03. The Balaban J connectivity index is 1.59. The zero-order valence-electron chi connectivity index (χ0n) is 9.21. The van der Waals surface area contributed by atoms with Crippen molar-refractivity contribution in [2.75, 3.05) is 11.9 Å². The summed E-state index contributed by atoms with van der Waals surface area (Å²) in [5, 5.41) is 3.34. The lowest BCUT2D eigenvalue weighted by Gasteiger charge is -2.05. The molecule has 0 radical (unpaired) electrons. The molecule has 0 atom stereocenters. The summed E-state index contributed by atoms with van der Waals surface area (Å²) in [6.07, 6.45) is 11.6. The smallest absolute Gasteiger partial charge is 0.0945 e. The number of aryl methyl sites for hydroxylation is 1. The van der Waals surface area contributed by atoms with Crippen molar-refractivity contribution in [3.63, 3.8) is 0 Å². The molecule has 0 aliphatic carbocycles. The van der Waals surface area contributed by atoms with Crippen molar-refractivity contribution in [2.24, 2.45) is 0 Å². The number of rotatable bonds is 6. The SMILES string of the molecule is c1cncc(NCCCCn2ccnc2)c1. The Labute approximate surface area is 95.4 Å². The molecule has 4 heteroatoms. The van der Waals surface area contributed by atoms with Crippen LogP contribution < -0.4 is 5.32 Å². The normalized spacial score (nSPS) is 10.2. The maximum atomic E-state index is 4.05. The number of anilines is 1. The fourth-order valence-electron chi connectivity index (χ4n) is 1.54. The fraction of sp³-hybridized carbons (Fsp3) is 0.333. The number of aromatic nitrogens is 3. The van der Waals surface area contributed by atoms with Crippen molar-refractivity contribution in [3.05, 3.63) is 43.2 Å². The number of hydrogen-bond acceptors (Lipinski definition) is 3. The molecule has 0 amide bonds. The molecule has 0 unspecified atom stereocenters. The first-order valence-corrected chi connectivity index (χ1v) is 5.55. The van der Waals surface area contributed by atoms with E-state index in [0.29, 0.717) is 0 Å². The van der Waals surface area contributed by atoms with Crippen LogP contribution in [0.25, 0.3) is 0 Å². The Kier molecular flexibility index (Phi) is 3.94. The summed E-state index contributed by atoms with van der Waals surface area (Å²) in [6, 6.07) is 3.97. The van der Waals surface area contributed by atoms with Gasteiger partial charge in [0.05, 0.1) is 12.0 Å². The minimum Gasteiger partial charge on any atom is -0.384 e. The summed E-state index contributed by atoms with van der Waals surface area (Å²) in [5.41, 5.74) is 1.09.